The Morgan fingerprint density at radius 1 is 1.33 bits per heavy atom. The Bertz CT molecular complexity index is 488. The van der Waals surface area contributed by atoms with E-state index in [-0.39, 0.29) is 11.6 Å². The van der Waals surface area contributed by atoms with Crippen molar-refractivity contribution in [2.45, 2.75) is 26.3 Å². The van der Waals surface area contributed by atoms with Gasteiger partial charge in [0.25, 0.3) is 5.56 Å². The fourth-order valence-electron chi connectivity index (χ4n) is 1.99. The lowest BCUT2D eigenvalue weighted by atomic mass is 10.1. The van der Waals surface area contributed by atoms with Gasteiger partial charge in [0.2, 0.25) is 0 Å². The van der Waals surface area contributed by atoms with Gasteiger partial charge in [-0.1, -0.05) is 24.3 Å². The van der Waals surface area contributed by atoms with Gasteiger partial charge in [-0.15, -0.1) is 0 Å². The minimum Gasteiger partial charge on any atom is -0.289 e. The van der Waals surface area contributed by atoms with Crippen molar-refractivity contribution in [3.05, 3.63) is 45.9 Å². The zero-order valence-corrected chi connectivity index (χ0v) is 9.40. The van der Waals surface area contributed by atoms with E-state index in [4.69, 9.17) is 0 Å². The molecule has 1 aliphatic carbocycles. The number of hydrogen-bond acceptors (Lipinski definition) is 1. The van der Waals surface area contributed by atoms with Gasteiger partial charge in [-0.2, -0.15) is 0 Å². The van der Waals surface area contributed by atoms with E-state index in [1.165, 1.54) is 0 Å². The molecule has 0 aromatic carbocycles. The highest BCUT2D eigenvalue weighted by atomic mass is 16.1. The van der Waals surface area contributed by atoms with Crippen LogP contribution in [-0.4, -0.2) is 9.36 Å². The average Bonchev–Trinajstić information content (AvgIpc) is 2.45. The van der Waals surface area contributed by atoms with Crippen LogP contribution >= 0.6 is 0 Å². The van der Waals surface area contributed by atoms with E-state index in [0.29, 0.717) is 0 Å². The molecule has 80 valence electrons. The number of allylic oxidation sites excluding steroid dienone is 4. The molecule has 1 atom stereocenters. The predicted octanol–water partition coefficient (Wildman–Crippen LogP) is 1.86. The molecule has 2 rings (SSSR count). The molecule has 0 saturated carbocycles. The van der Waals surface area contributed by atoms with E-state index in [0.717, 1.165) is 17.7 Å². The summed E-state index contributed by atoms with van der Waals surface area (Å²) in [5, 5.41) is 0. The SMILES string of the molecule is Cc1c(C)n(C)n(C2C=CC=CC2)c1=O. The highest BCUT2D eigenvalue weighted by Gasteiger charge is 2.16. The molecule has 1 aromatic rings. The van der Waals surface area contributed by atoms with Crippen LogP contribution in [0.15, 0.2) is 29.1 Å². The third-order valence-corrected chi connectivity index (χ3v) is 3.15. The summed E-state index contributed by atoms with van der Waals surface area (Å²) in [6.07, 6.45) is 9.07. The first-order valence-electron chi connectivity index (χ1n) is 5.21. The zero-order chi connectivity index (χ0) is 11.0. The van der Waals surface area contributed by atoms with E-state index in [1.54, 1.807) is 0 Å². The maximum absolute atomic E-state index is 12.0. The van der Waals surface area contributed by atoms with Crippen LogP contribution in [0.5, 0.6) is 0 Å². The van der Waals surface area contributed by atoms with E-state index in [9.17, 15) is 4.79 Å². The zero-order valence-electron chi connectivity index (χ0n) is 9.40. The molecule has 15 heavy (non-hydrogen) atoms. The lowest BCUT2D eigenvalue weighted by Gasteiger charge is -2.17. The van der Waals surface area contributed by atoms with Crippen LogP contribution < -0.4 is 5.56 Å². The first kappa shape index (κ1) is 10.0. The van der Waals surface area contributed by atoms with Crippen molar-refractivity contribution in [2.24, 2.45) is 7.05 Å². The number of nitrogens with zero attached hydrogens (tertiary/aromatic N) is 2. The molecule has 0 radical (unpaired) electrons. The Kier molecular flexibility index (Phi) is 2.39. The van der Waals surface area contributed by atoms with Gasteiger partial charge in [-0.3, -0.25) is 9.48 Å². The highest BCUT2D eigenvalue weighted by Crippen LogP contribution is 2.17. The normalized spacial score (nSPS) is 19.8. The van der Waals surface area contributed by atoms with Crippen molar-refractivity contribution in [1.82, 2.24) is 9.36 Å². The first-order valence-corrected chi connectivity index (χ1v) is 5.21. The van der Waals surface area contributed by atoms with Crippen LogP contribution in [0.2, 0.25) is 0 Å². The molecule has 0 saturated heterocycles. The van der Waals surface area contributed by atoms with Gasteiger partial charge in [0.15, 0.2) is 0 Å². The largest absolute Gasteiger partial charge is 0.289 e. The van der Waals surface area contributed by atoms with Crippen molar-refractivity contribution in [3.8, 4) is 0 Å². The molecule has 0 amide bonds. The highest BCUT2D eigenvalue weighted by molar-refractivity contribution is 5.18. The minimum atomic E-state index is 0.125. The Morgan fingerprint density at radius 3 is 2.53 bits per heavy atom. The summed E-state index contributed by atoms with van der Waals surface area (Å²) >= 11 is 0. The Hall–Kier alpha value is -1.51. The Morgan fingerprint density at radius 2 is 2.07 bits per heavy atom. The summed E-state index contributed by atoms with van der Waals surface area (Å²) in [7, 11) is 1.94. The molecule has 0 spiro atoms. The molecule has 1 unspecified atom stereocenters. The second-order valence-electron chi connectivity index (χ2n) is 4.00. The second kappa shape index (κ2) is 3.57. The molecule has 0 aliphatic heterocycles. The maximum atomic E-state index is 12.0. The van der Waals surface area contributed by atoms with Crippen LogP contribution in [0.25, 0.3) is 0 Å². The number of aromatic nitrogens is 2. The Labute approximate surface area is 89.3 Å². The summed E-state index contributed by atoms with van der Waals surface area (Å²) in [6, 6.07) is 0.167. The van der Waals surface area contributed by atoms with Gasteiger partial charge in [0.05, 0.1) is 6.04 Å². The van der Waals surface area contributed by atoms with Crippen LogP contribution in [0, 0.1) is 13.8 Å². The van der Waals surface area contributed by atoms with Crippen molar-refractivity contribution in [3.63, 3.8) is 0 Å². The summed E-state index contributed by atoms with van der Waals surface area (Å²) in [5.41, 5.74) is 2.02. The summed E-state index contributed by atoms with van der Waals surface area (Å²) in [5.74, 6) is 0. The molecular weight excluding hydrogens is 188 g/mol. The Balaban J connectivity index is 2.53. The van der Waals surface area contributed by atoms with Crippen molar-refractivity contribution < 1.29 is 0 Å². The van der Waals surface area contributed by atoms with E-state index in [1.807, 2.05) is 42.4 Å². The predicted molar refractivity (Wildman–Crippen MR) is 61.1 cm³/mol. The summed E-state index contributed by atoms with van der Waals surface area (Å²) in [6.45, 7) is 3.87. The van der Waals surface area contributed by atoms with Gasteiger partial charge in [0, 0.05) is 18.3 Å². The lowest BCUT2D eigenvalue weighted by molar-refractivity contribution is 0.440. The van der Waals surface area contributed by atoms with Gasteiger partial charge in [-0.25, -0.2) is 4.68 Å². The standard InChI is InChI=1S/C12H16N2O/c1-9-10(2)13(3)14(12(9)15)11-7-5-4-6-8-11/h4-7,11H,8H2,1-3H3. The van der Waals surface area contributed by atoms with Crippen LogP contribution in [0.3, 0.4) is 0 Å². The maximum Gasteiger partial charge on any atom is 0.270 e. The minimum absolute atomic E-state index is 0.125. The van der Waals surface area contributed by atoms with E-state index >= 15 is 0 Å². The third kappa shape index (κ3) is 1.48. The molecule has 0 fully saturated rings. The fourth-order valence-corrected chi connectivity index (χ4v) is 1.99. The van der Waals surface area contributed by atoms with E-state index in [2.05, 4.69) is 12.2 Å². The lowest BCUT2D eigenvalue weighted by Crippen LogP contribution is -2.26. The van der Waals surface area contributed by atoms with Gasteiger partial charge in [0.1, 0.15) is 0 Å². The van der Waals surface area contributed by atoms with Crippen molar-refractivity contribution in [2.75, 3.05) is 0 Å². The first-order chi connectivity index (χ1) is 7.13. The molecule has 1 aliphatic rings. The quantitative estimate of drug-likeness (QED) is 0.686. The number of hydrogen-bond donors (Lipinski definition) is 0. The molecule has 1 aromatic heterocycles. The average molecular weight is 204 g/mol. The van der Waals surface area contributed by atoms with Crippen LogP contribution in [0.4, 0.5) is 0 Å². The van der Waals surface area contributed by atoms with E-state index < -0.39 is 0 Å². The van der Waals surface area contributed by atoms with Gasteiger partial charge in [-0.05, 0) is 20.3 Å². The molecule has 0 bridgehead atoms. The third-order valence-electron chi connectivity index (χ3n) is 3.15. The second-order valence-corrected chi connectivity index (χ2v) is 4.00. The number of rotatable bonds is 1. The smallest absolute Gasteiger partial charge is 0.270 e. The van der Waals surface area contributed by atoms with Crippen LogP contribution in [-0.2, 0) is 7.05 Å². The van der Waals surface area contributed by atoms with Gasteiger partial charge >= 0.3 is 0 Å². The molecular formula is C12H16N2O. The summed E-state index contributed by atoms with van der Waals surface area (Å²) < 4.78 is 3.77. The van der Waals surface area contributed by atoms with Crippen LogP contribution in [0.1, 0.15) is 23.7 Å². The topological polar surface area (TPSA) is 26.9 Å². The van der Waals surface area contributed by atoms with Crippen molar-refractivity contribution in [1.29, 1.82) is 0 Å². The molecule has 3 heteroatoms. The monoisotopic (exact) mass is 204 g/mol. The van der Waals surface area contributed by atoms with Crippen molar-refractivity contribution >= 4 is 0 Å². The molecule has 0 N–H and O–H groups in total. The molecule has 1 heterocycles. The van der Waals surface area contributed by atoms with Gasteiger partial charge < -0.3 is 0 Å². The summed E-state index contributed by atoms with van der Waals surface area (Å²) in [4.78, 5) is 12.0. The molecule has 3 nitrogen and oxygen atoms in total. The fraction of sp³-hybridized carbons (Fsp3) is 0.417.